The molecule has 0 saturated heterocycles. The van der Waals surface area contributed by atoms with Crippen LogP contribution in [0.4, 0.5) is 0 Å². The van der Waals surface area contributed by atoms with E-state index >= 15 is 0 Å². The average molecular weight is 381 g/mol. The zero-order valence-corrected chi connectivity index (χ0v) is 16.1. The van der Waals surface area contributed by atoms with Crippen LogP contribution in [0.15, 0.2) is 53.1 Å². The van der Waals surface area contributed by atoms with Gasteiger partial charge in [-0.1, -0.05) is 35.8 Å². The van der Waals surface area contributed by atoms with Gasteiger partial charge < -0.3 is 19.3 Å². The van der Waals surface area contributed by atoms with Crippen molar-refractivity contribution in [3.63, 3.8) is 0 Å². The zero-order valence-electron chi connectivity index (χ0n) is 16.1. The maximum Gasteiger partial charge on any atom is 0.261 e. The summed E-state index contributed by atoms with van der Waals surface area (Å²) in [6.45, 7) is 4.02. The summed E-state index contributed by atoms with van der Waals surface area (Å²) in [6.07, 6.45) is -0.0940. The first-order chi connectivity index (χ1) is 13.6. The Kier molecular flexibility index (Phi) is 6.26. The number of aromatic nitrogens is 2. The minimum Gasteiger partial charge on any atom is -0.497 e. The standard InChI is InChI=1S/C21H23N3O4/c1-4-18(27-17-10-8-16(26-3)9-11-17)21(25)22-13-19-23-20(24-28-19)15-7-5-6-14(2)12-15/h5-12,18H,4,13H2,1-3H3,(H,22,25)/t18-/m0/s1. The highest BCUT2D eigenvalue weighted by atomic mass is 16.5. The molecule has 146 valence electrons. The molecule has 1 N–H and O–H groups in total. The van der Waals surface area contributed by atoms with Gasteiger partial charge in [-0.05, 0) is 43.7 Å². The third-order valence-corrected chi connectivity index (χ3v) is 4.16. The fourth-order valence-corrected chi connectivity index (χ4v) is 2.65. The number of methoxy groups -OCH3 is 1. The van der Waals surface area contributed by atoms with Crippen molar-refractivity contribution in [1.82, 2.24) is 15.5 Å². The molecule has 28 heavy (non-hydrogen) atoms. The van der Waals surface area contributed by atoms with Crippen LogP contribution in [0.1, 0.15) is 24.8 Å². The van der Waals surface area contributed by atoms with Crippen LogP contribution in [0.3, 0.4) is 0 Å². The van der Waals surface area contributed by atoms with Crippen molar-refractivity contribution >= 4 is 5.91 Å². The summed E-state index contributed by atoms with van der Waals surface area (Å²) in [7, 11) is 1.60. The second-order valence-electron chi connectivity index (χ2n) is 6.29. The van der Waals surface area contributed by atoms with Crippen molar-refractivity contribution in [2.75, 3.05) is 7.11 Å². The Bertz CT molecular complexity index is 921. The highest BCUT2D eigenvalue weighted by Crippen LogP contribution is 2.19. The first-order valence-corrected chi connectivity index (χ1v) is 9.07. The molecule has 0 unspecified atom stereocenters. The quantitative estimate of drug-likeness (QED) is 0.642. The molecule has 3 aromatic rings. The Balaban J connectivity index is 1.57. The summed E-state index contributed by atoms with van der Waals surface area (Å²) in [5.41, 5.74) is 1.98. The van der Waals surface area contributed by atoms with E-state index in [1.54, 1.807) is 31.4 Å². The SMILES string of the molecule is CC[C@H](Oc1ccc(OC)cc1)C(=O)NCc1nc(-c2cccc(C)c2)no1. The summed E-state index contributed by atoms with van der Waals surface area (Å²) in [6, 6.07) is 14.9. The summed E-state index contributed by atoms with van der Waals surface area (Å²) in [4.78, 5) is 16.8. The van der Waals surface area contributed by atoms with Crippen LogP contribution in [0.25, 0.3) is 11.4 Å². The molecule has 0 aliphatic rings. The molecular weight excluding hydrogens is 358 g/mol. The van der Waals surface area contributed by atoms with Gasteiger partial charge in [0.25, 0.3) is 5.91 Å². The predicted molar refractivity (Wildman–Crippen MR) is 104 cm³/mol. The molecule has 7 nitrogen and oxygen atoms in total. The number of carbonyl (C=O) groups excluding carboxylic acids is 1. The van der Waals surface area contributed by atoms with Gasteiger partial charge in [0.2, 0.25) is 11.7 Å². The van der Waals surface area contributed by atoms with Crippen molar-refractivity contribution in [3.05, 3.63) is 60.0 Å². The number of nitrogens with zero attached hydrogens (tertiary/aromatic N) is 2. The molecule has 1 aromatic heterocycles. The van der Waals surface area contributed by atoms with Gasteiger partial charge in [0, 0.05) is 5.56 Å². The summed E-state index contributed by atoms with van der Waals surface area (Å²) in [5, 5.41) is 6.76. The number of aryl methyl sites for hydroxylation is 1. The van der Waals surface area contributed by atoms with E-state index in [0.29, 0.717) is 23.9 Å². The molecule has 0 fully saturated rings. The zero-order chi connectivity index (χ0) is 19.9. The molecule has 0 spiro atoms. The second-order valence-corrected chi connectivity index (χ2v) is 6.29. The van der Waals surface area contributed by atoms with Gasteiger partial charge in [0.05, 0.1) is 13.7 Å². The van der Waals surface area contributed by atoms with Gasteiger partial charge in [-0.15, -0.1) is 0 Å². The monoisotopic (exact) mass is 381 g/mol. The normalized spacial score (nSPS) is 11.7. The van der Waals surface area contributed by atoms with Crippen molar-refractivity contribution in [1.29, 1.82) is 0 Å². The van der Waals surface area contributed by atoms with E-state index in [4.69, 9.17) is 14.0 Å². The highest BCUT2D eigenvalue weighted by Gasteiger charge is 2.19. The molecule has 0 aliphatic carbocycles. The lowest BCUT2D eigenvalue weighted by Gasteiger charge is -2.16. The fourth-order valence-electron chi connectivity index (χ4n) is 2.65. The van der Waals surface area contributed by atoms with Crippen LogP contribution in [-0.4, -0.2) is 29.3 Å². The van der Waals surface area contributed by atoms with Gasteiger partial charge in [-0.2, -0.15) is 4.98 Å². The smallest absolute Gasteiger partial charge is 0.261 e. The van der Waals surface area contributed by atoms with Crippen LogP contribution in [0.5, 0.6) is 11.5 Å². The molecule has 1 atom stereocenters. The van der Waals surface area contributed by atoms with E-state index in [1.165, 1.54) is 0 Å². The topological polar surface area (TPSA) is 86.5 Å². The molecular formula is C21H23N3O4. The van der Waals surface area contributed by atoms with E-state index in [2.05, 4.69) is 15.5 Å². The number of ether oxygens (including phenoxy) is 2. The van der Waals surface area contributed by atoms with Crippen LogP contribution in [0, 0.1) is 6.92 Å². The first-order valence-electron chi connectivity index (χ1n) is 9.07. The van der Waals surface area contributed by atoms with Gasteiger partial charge in [-0.3, -0.25) is 4.79 Å². The van der Waals surface area contributed by atoms with Crippen molar-refractivity contribution in [3.8, 4) is 22.9 Å². The number of carbonyl (C=O) groups is 1. The van der Waals surface area contributed by atoms with Gasteiger partial charge in [0.1, 0.15) is 11.5 Å². The average Bonchev–Trinajstić information content (AvgIpc) is 3.20. The summed E-state index contributed by atoms with van der Waals surface area (Å²) >= 11 is 0. The number of nitrogens with one attached hydrogen (secondary N) is 1. The molecule has 0 bridgehead atoms. The van der Waals surface area contributed by atoms with E-state index in [-0.39, 0.29) is 12.5 Å². The first kappa shape index (κ1) is 19.4. The Labute approximate surface area is 163 Å². The predicted octanol–water partition coefficient (Wildman–Crippen LogP) is 3.53. The Hall–Kier alpha value is -3.35. The Morgan fingerprint density at radius 3 is 2.61 bits per heavy atom. The van der Waals surface area contributed by atoms with Crippen LogP contribution < -0.4 is 14.8 Å². The minimum absolute atomic E-state index is 0.139. The number of benzene rings is 2. The van der Waals surface area contributed by atoms with E-state index < -0.39 is 6.10 Å². The number of rotatable bonds is 8. The summed E-state index contributed by atoms with van der Waals surface area (Å²) in [5.74, 6) is 1.92. The third kappa shape index (κ3) is 4.88. The molecule has 3 rings (SSSR count). The van der Waals surface area contributed by atoms with Crippen LogP contribution in [-0.2, 0) is 11.3 Å². The molecule has 1 amide bonds. The number of amides is 1. The lowest BCUT2D eigenvalue weighted by molar-refractivity contribution is -0.128. The number of hydrogen-bond acceptors (Lipinski definition) is 6. The molecule has 0 radical (unpaired) electrons. The van der Waals surface area contributed by atoms with E-state index in [0.717, 1.165) is 16.9 Å². The Morgan fingerprint density at radius 1 is 1.18 bits per heavy atom. The van der Waals surface area contributed by atoms with Gasteiger partial charge in [0.15, 0.2) is 6.10 Å². The summed E-state index contributed by atoms with van der Waals surface area (Å²) < 4.78 is 16.1. The van der Waals surface area contributed by atoms with Gasteiger partial charge >= 0.3 is 0 Å². The van der Waals surface area contributed by atoms with Crippen molar-refractivity contribution in [2.24, 2.45) is 0 Å². The lowest BCUT2D eigenvalue weighted by Crippen LogP contribution is -2.37. The lowest BCUT2D eigenvalue weighted by atomic mass is 10.1. The van der Waals surface area contributed by atoms with Gasteiger partial charge in [-0.25, -0.2) is 0 Å². The second kappa shape index (κ2) is 9.03. The third-order valence-electron chi connectivity index (χ3n) is 4.16. The molecule has 0 saturated carbocycles. The molecule has 2 aromatic carbocycles. The molecule has 7 heteroatoms. The Morgan fingerprint density at radius 2 is 1.93 bits per heavy atom. The fraction of sp³-hybridized carbons (Fsp3) is 0.286. The van der Waals surface area contributed by atoms with E-state index in [9.17, 15) is 4.79 Å². The highest BCUT2D eigenvalue weighted by molar-refractivity contribution is 5.81. The largest absolute Gasteiger partial charge is 0.497 e. The van der Waals surface area contributed by atoms with Crippen LogP contribution in [0.2, 0.25) is 0 Å². The number of hydrogen-bond donors (Lipinski definition) is 1. The van der Waals surface area contributed by atoms with E-state index in [1.807, 2.05) is 38.1 Å². The van der Waals surface area contributed by atoms with Crippen molar-refractivity contribution < 1.29 is 18.8 Å². The molecule has 1 heterocycles. The van der Waals surface area contributed by atoms with Crippen molar-refractivity contribution in [2.45, 2.75) is 32.9 Å². The molecule has 0 aliphatic heterocycles. The maximum atomic E-state index is 12.4. The maximum absolute atomic E-state index is 12.4. The minimum atomic E-state index is -0.618. The van der Waals surface area contributed by atoms with Crippen LogP contribution >= 0.6 is 0 Å².